The van der Waals surface area contributed by atoms with Crippen LogP contribution in [-0.2, 0) is 9.47 Å². The molecule has 52 heavy (non-hydrogen) atoms. The molecule has 1 aliphatic rings. The quantitative estimate of drug-likeness (QED) is 0.137. The number of esters is 2. The molecule has 0 amide bonds. The average Bonchev–Trinajstić information content (AvgIpc) is 3.81. The Morgan fingerprint density at radius 3 is 1.98 bits per heavy atom. The molecule has 5 N–H and O–H groups in total. The van der Waals surface area contributed by atoms with Gasteiger partial charge in [-0.2, -0.15) is 0 Å². The number of halogens is 3. The topological polar surface area (TPSA) is 190 Å². The normalized spacial score (nSPS) is 13.2. The van der Waals surface area contributed by atoms with Gasteiger partial charge in [0.25, 0.3) is 0 Å². The number of ether oxygens (including phenoxy) is 3. The number of rotatable bonds is 10. The molecule has 1 aromatic carbocycles. The lowest BCUT2D eigenvalue weighted by Gasteiger charge is -2.34. The number of hydrogen-bond donors (Lipinski definition) is 4. The Labute approximate surface area is 296 Å². The third kappa shape index (κ3) is 9.96. The predicted molar refractivity (Wildman–Crippen MR) is 186 cm³/mol. The first-order valence-corrected chi connectivity index (χ1v) is 16.2. The van der Waals surface area contributed by atoms with Crippen LogP contribution in [0.15, 0.2) is 67.3 Å². The van der Waals surface area contributed by atoms with Crippen LogP contribution in [-0.4, -0.2) is 99.5 Å². The number of carbonyl (C=O) groups excluding carboxylic acids is 2. The molecule has 0 spiro atoms. The van der Waals surface area contributed by atoms with E-state index in [0.29, 0.717) is 59.3 Å². The van der Waals surface area contributed by atoms with Crippen molar-refractivity contribution in [2.45, 2.75) is 20.2 Å². The van der Waals surface area contributed by atoms with E-state index in [-0.39, 0.29) is 35.9 Å². The van der Waals surface area contributed by atoms with Crippen LogP contribution >= 0.6 is 0 Å². The SMILES string of the molecule is CCOC(=O)c1c[nH]c(-c2ccnc(N)n2)c1.CCOC(=O)c1c[nH]c(-c2ccnc(Nc3ccc(N4CCN(C)CC4)cc3OC(F)(F)F)n2)c1. The van der Waals surface area contributed by atoms with Crippen molar-refractivity contribution in [1.82, 2.24) is 34.8 Å². The minimum Gasteiger partial charge on any atom is -0.462 e. The van der Waals surface area contributed by atoms with Gasteiger partial charge in [-0.3, -0.25) is 0 Å². The maximum atomic E-state index is 13.1. The van der Waals surface area contributed by atoms with E-state index in [2.05, 4.69) is 44.9 Å². The molecule has 1 aliphatic heterocycles. The average molecular weight is 723 g/mol. The number of aromatic amines is 2. The van der Waals surface area contributed by atoms with Gasteiger partial charge >= 0.3 is 18.3 Å². The number of carbonyl (C=O) groups is 2. The molecular formula is C34H37F3N10O5. The van der Waals surface area contributed by atoms with Crippen molar-refractivity contribution in [2.75, 3.05) is 62.4 Å². The molecular weight excluding hydrogens is 685 g/mol. The number of piperazine rings is 1. The van der Waals surface area contributed by atoms with E-state index in [9.17, 15) is 22.8 Å². The van der Waals surface area contributed by atoms with Crippen LogP contribution in [0, 0.1) is 0 Å². The third-order valence-electron chi connectivity index (χ3n) is 7.58. The zero-order valence-corrected chi connectivity index (χ0v) is 28.5. The van der Waals surface area contributed by atoms with E-state index >= 15 is 0 Å². The van der Waals surface area contributed by atoms with E-state index in [1.54, 1.807) is 56.6 Å². The second-order valence-corrected chi connectivity index (χ2v) is 11.3. The summed E-state index contributed by atoms with van der Waals surface area (Å²) in [4.78, 5) is 49.7. The summed E-state index contributed by atoms with van der Waals surface area (Å²) in [6.45, 7) is 7.09. The van der Waals surface area contributed by atoms with Crippen LogP contribution in [0.25, 0.3) is 22.8 Å². The van der Waals surface area contributed by atoms with Gasteiger partial charge in [0.05, 0.1) is 52.8 Å². The van der Waals surface area contributed by atoms with E-state index in [4.69, 9.17) is 15.2 Å². The molecule has 0 saturated carbocycles. The summed E-state index contributed by atoms with van der Waals surface area (Å²) < 4.78 is 53.6. The number of benzene rings is 1. The van der Waals surface area contributed by atoms with Gasteiger partial charge in [-0.1, -0.05) is 0 Å². The smallest absolute Gasteiger partial charge is 0.462 e. The first-order chi connectivity index (χ1) is 24.9. The summed E-state index contributed by atoms with van der Waals surface area (Å²) in [6.07, 6.45) is 1.22. The van der Waals surface area contributed by atoms with Gasteiger partial charge in [-0.05, 0) is 57.3 Å². The molecule has 0 bridgehead atoms. The van der Waals surface area contributed by atoms with E-state index in [1.807, 2.05) is 11.9 Å². The van der Waals surface area contributed by atoms with Gasteiger partial charge in [-0.25, -0.2) is 29.5 Å². The highest BCUT2D eigenvalue weighted by molar-refractivity contribution is 5.91. The first kappa shape index (κ1) is 37.1. The maximum Gasteiger partial charge on any atom is 0.573 e. The van der Waals surface area contributed by atoms with Crippen molar-refractivity contribution in [3.63, 3.8) is 0 Å². The molecule has 4 aromatic heterocycles. The number of alkyl halides is 3. The summed E-state index contributed by atoms with van der Waals surface area (Å²) in [7, 11) is 2.00. The molecule has 5 aromatic rings. The van der Waals surface area contributed by atoms with Gasteiger partial charge in [0.1, 0.15) is 0 Å². The van der Waals surface area contributed by atoms with Crippen molar-refractivity contribution in [1.29, 1.82) is 0 Å². The number of anilines is 4. The highest BCUT2D eigenvalue weighted by Gasteiger charge is 2.33. The third-order valence-corrected chi connectivity index (χ3v) is 7.58. The van der Waals surface area contributed by atoms with Crippen LogP contribution in [0.3, 0.4) is 0 Å². The molecule has 6 rings (SSSR count). The number of nitrogens with zero attached hydrogens (tertiary/aromatic N) is 6. The Morgan fingerprint density at radius 1 is 0.846 bits per heavy atom. The lowest BCUT2D eigenvalue weighted by atomic mass is 10.2. The van der Waals surface area contributed by atoms with Crippen molar-refractivity contribution in [3.8, 4) is 28.5 Å². The Morgan fingerprint density at radius 2 is 1.42 bits per heavy atom. The van der Waals surface area contributed by atoms with Gasteiger partial charge in [0.15, 0.2) is 5.75 Å². The first-order valence-electron chi connectivity index (χ1n) is 16.2. The molecule has 274 valence electrons. The van der Waals surface area contributed by atoms with Crippen molar-refractivity contribution < 1.29 is 37.0 Å². The molecule has 18 heteroatoms. The van der Waals surface area contributed by atoms with Crippen LogP contribution < -0.4 is 20.7 Å². The minimum atomic E-state index is -4.87. The summed E-state index contributed by atoms with van der Waals surface area (Å²) in [5.74, 6) is -0.967. The van der Waals surface area contributed by atoms with E-state index < -0.39 is 12.3 Å². The van der Waals surface area contributed by atoms with Crippen LogP contribution in [0.4, 0.5) is 36.4 Å². The van der Waals surface area contributed by atoms with Crippen LogP contribution in [0.1, 0.15) is 34.6 Å². The zero-order chi connectivity index (χ0) is 37.3. The number of likely N-dealkylation sites (N-methyl/N-ethyl adjacent to an activating group) is 1. The number of hydrogen-bond acceptors (Lipinski definition) is 13. The molecule has 5 heterocycles. The minimum absolute atomic E-state index is 0.0640. The summed E-state index contributed by atoms with van der Waals surface area (Å²) >= 11 is 0. The molecule has 0 aliphatic carbocycles. The lowest BCUT2D eigenvalue weighted by Crippen LogP contribution is -2.44. The molecule has 0 unspecified atom stereocenters. The van der Waals surface area contributed by atoms with Crippen LogP contribution in [0.2, 0.25) is 0 Å². The van der Waals surface area contributed by atoms with Crippen molar-refractivity contribution >= 4 is 35.2 Å². The molecule has 15 nitrogen and oxygen atoms in total. The van der Waals surface area contributed by atoms with Crippen LogP contribution in [0.5, 0.6) is 5.75 Å². The Balaban J connectivity index is 0.000000257. The number of H-pyrrole nitrogens is 2. The monoisotopic (exact) mass is 722 g/mol. The van der Waals surface area contributed by atoms with E-state index in [1.165, 1.54) is 24.5 Å². The molecule has 0 atom stereocenters. The van der Waals surface area contributed by atoms with Gasteiger partial charge < -0.3 is 45.0 Å². The number of aromatic nitrogens is 6. The van der Waals surface area contributed by atoms with Crippen molar-refractivity contribution in [3.05, 3.63) is 78.4 Å². The number of nitrogens with two attached hydrogens (primary N) is 1. The lowest BCUT2D eigenvalue weighted by molar-refractivity contribution is -0.274. The second-order valence-electron chi connectivity index (χ2n) is 11.3. The second kappa shape index (κ2) is 16.7. The zero-order valence-electron chi connectivity index (χ0n) is 28.5. The molecule has 1 saturated heterocycles. The molecule has 0 radical (unpaired) electrons. The Kier molecular flexibility index (Phi) is 11.9. The van der Waals surface area contributed by atoms with E-state index in [0.717, 1.165) is 13.1 Å². The standard InChI is InChI=1S/C23H25F3N6O3.C11H12N4O2/c1-3-34-21(33)15-12-19(28-14-15)17-6-7-27-22(29-17)30-18-5-4-16(13-20(18)35-23(24,25)26)32-10-8-31(2)9-11-32;1-2-17-10(16)7-5-9(14-6-7)8-3-4-13-11(12)15-8/h4-7,12-14,28H,3,8-11H2,1-2H3,(H,27,29,30);3-6,14H,2H2,1H3,(H2,12,13,15). The maximum absolute atomic E-state index is 13.1. The Hall–Kier alpha value is -6.17. The highest BCUT2D eigenvalue weighted by atomic mass is 19.4. The number of nitrogen functional groups attached to an aromatic ring is 1. The predicted octanol–water partition coefficient (Wildman–Crippen LogP) is 5.27. The fourth-order valence-electron chi connectivity index (χ4n) is 5.05. The summed E-state index contributed by atoms with van der Waals surface area (Å²) in [5.41, 5.74) is 9.26. The fraction of sp³-hybridized carbons (Fsp3) is 0.294. The summed E-state index contributed by atoms with van der Waals surface area (Å²) in [5, 5.41) is 2.81. The van der Waals surface area contributed by atoms with Gasteiger partial charge in [0, 0.05) is 62.7 Å². The summed E-state index contributed by atoms with van der Waals surface area (Å²) in [6, 6.07) is 11.2. The molecule has 1 fully saturated rings. The highest BCUT2D eigenvalue weighted by Crippen LogP contribution is 2.36. The Bertz CT molecular complexity index is 1970. The largest absolute Gasteiger partial charge is 0.573 e. The number of nitrogens with one attached hydrogen (secondary N) is 3. The van der Waals surface area contributed by atoms with Gasteiger partial charge in [0.2, 0.25) is 11.9 Å². The van der Waals surface area contributed by atoms with Gasteiger partial charge in [-0.15, -0.1) is 13.2 Å². The fourth-order valence-corrected chi connectivity index (χ4v) is 5.05. The van der Waals surface area contributed by atoms with Crippen molar-refractivity contribution in [2.24, 2.45) is 0 Å².